The number of benzene rings is 2. The van der Waals surface area contributed by atoms with Crippen molar-refractivity contribution in [1.82, 2.24) is 5.32 Å². The van der Waals surface area contributed by atoms with Gasteiger partial charge in [0.1, 0.15) is 12.1 Å². The Balaban J connectivity index is 1.68. The molecule has 4 nitrogen and oxygen atoms in total. The molecule has 132 valence electrons. The zero-order valence-electron chi connectivity index (χ0n) is 14.5. The van der Waals surface area contributed by atoms with E-state index in [-0.39, 0.29) is 12.1 Å². The van der Waals surface area contributed by atoms with Crippen molar-refractivity contribution in [2.45, 2.75) is 50.9 Å². The number of carbonyl (C=O) groups excluding carboxylic acids is 1. The van der Waals surface area contributed by atoms with Crippen LogP contribution in [0.3, 0.4) is 0 Å². The van der Waals surface area contributed by atoms with Gasteiger partial charge in [0.25, 0.3) is 0 Å². The molecule has 1 fully saturated rings. The van der Waals surface area contributed by atoms with E-state index in [4.69, 9.17) is 10.5 Å². The molecule has 0 radical (unpaired) electrons. The van der Waals surface area contributed by atoms with Gasteiger partial charge in [-0.05, 0) is 42.4 Å². The van der Waals surface area contributed by atoms with Crippen LogP contribution in [0.15, 0.2) is 54.6 Å². The highest BCUT2D eigenvalue weighted by molar-refractivity contribution is 5.77. The predicted octanol–water partition coefficient (Wildman–Crippen LogP) is 3.46. The van der Waals surface area contributed by atoms with Crippen LogP contribution in [0, 0.1) is 0 Å². The van der Waals surface area contributed by atoms with Crippen LogP contribution in [0.25, 0.3) is 0 Å². The van der Waals surface area contributed by atoms with Crippen LogP contribution in [0.2, 0.25) is 0 Å². The van der Waals surface area contributed by atoms with E-state index < -0.39 is 6.04 Å². The van der Waals surface area contributed by atoms with E-state index in [0.29, 0.717) is 13.1 Å². The lowest BCUT2D eigenvalue weighted by molar-refractivity contribution is -0.151. The third-order valence-corrected chi connectivity index (χ3v) is 4.72. The second-order valence-electron chi connectivity index (χ2n) is 6.59. The summed E-state index contributed by atoms with van der Waals surface area (Å²) in [5.41, 5.74) is 8.79. The second kappa shape index (κ2) is 8.79. The van der Waals surface area contributed by atoms with Crippen molar-refractivity contribution in [3.63, 3.8) is 0 Å². The molecule has 1 atom stereocenters. The van der Waals surface area contributed by atoms with Crippen LogP contribution in [0.1, 0.15) is 48.4 Å². The van der Waals surface area contributed by atoms with Crippen LogP contribution in [0.5, 0.6) is 0 Å². The monoisotopic (exact) mass is 338 g/mol. The summed E-state index contributed by atoms with van der Waals surface area (Å²) in [6.45, 7) is 1.14. The molecular weight excluding hydrogens is 312 g/mol. The molecular formula is C21H26N2O2. The van der Waals surface area contributed by atoms with E-state index in [1.807, 2.05) is 54.6 Å². The maximum Gasteiger partial charge on any atom is 0.328 e. The zero-order valence-corrected chi connectivity index (χ0v) is 14.5. The van der Waals surface area contributed by atoms with Crippen LogP contribution in [0.4, 0.5) is 0 Å². The van der Waals surface area contributed by atoms with E-state index in [9.17, 15) is 4.79 Å². The molecule has 4 heteroatoms. The molecule has 0 aromatic heterocycles. The van der Waals surface area contributed by atoms with Gasteiger partial charge in [0.2, 0.25) is 0 Å². The smallest absolute Gasteiger partial charge is 0.328 e. The number of hydrogen-bond donors (Lipinski definition) is 2. The van der Waals surface area contributed by atoms with Crippen molar-refractivity contribution in [1.29, 1.82) is 0 Å². The molecule has 0 aliphatic heterocycles. The lowest BCUT2D eigenvalue weighted by Crippen LogP contribution is -2.32. The summed E-state index contributed by atoms with van der Waals surface area (Å²) in [5.74, 6) is -0.184. The van der Waals surface area contributed by atoms with Gasteiger partial charge in [-0.25, -0.2) is 4.79 Å². The highest BCUT2D eigenvalue weighted by Gasteiger charge is 2.26. The van der Waals surface area contributed by atoms with Crippen molar-refractivity contribution in [2.75, 3.05) is 0 Å². The minimum Gasteiger partial charge on any atom is -0.461 e. The van der Waals surface area contributed by atoms with E-state index >= 15 is 0 Å². The topological polar surface area (TPSA) is 64.3 Å². The van der Waals surface area contributed by atoms with Gasteiger partial charge in [-0.2, -0.15) is 0 Å². The van der Waals surface area contributed by atoms with Crippen LogP contribution in [-0.4, -0.2) is 12.1 Å². The number of carbonyl (C=O) groups is 1. The van der Waals surface area contributed by atoms with Crippen molar-refractivity contribution in [3.05, 3.63) is 71.3 Å². The minimum atomic E-state index is -0.448. The number of ether oxygens (including phenoxy) is 1. The summed E-state index contributed by atoms with van der Waals surface area (Å²) < 4.78 is 5.73. The standard InChI is InChI=1S/C21H26N2O2/c22-14-16-10-12-17(13-11-16)15-23-20(18-6-2-1-3-7-18)21(24)25-19-8-4-5-9-19/h1-3,6-7,10-13,19-20,23H,4-5,8-9,14-15,22H2. The molecule has 1 aliphatic rings. The minimum absolute atomic E-state index is 0.0735. The summed E-state index contributed by atoms with van der Waals surface area (Å²) >= 11 is 0. The van der Waals surface area contributed by atoms with Crippen LogP contribution >= 0.6 is 0 Å². The second-order valence-corrected chi connectivity index (χ2v) is 6.59. The van der Waals surface area contributed by atoms with E-state index in [1.165, 1.54) is 0 Å². The fourth-order valence-corrected chi connectivity index (χ4v) is 3.23. The summed E-state index contributed by atoms with van der Waals surface area (Å²) in [6, 6.07) is 17.4. The molecule has 0 amide bonds. The molecule has 2 aromatic rings. The molecule has 25 heavy (non-hydrogen) atoms. The van der Waals surface area contributed by atoms with Crippen LogP contribution in [-0.2, 0) is 22.6 Å². The fourth-order valence-electron chi connectivity index (χ4n) is 3.23. The van der Waals surface area contributed by atoms with Gasteiger partial charge in [0, 0.05) is 13.1 Å². The SMILES string of the molecule is NCc1ccc(CNC(C(=O)OC2CCCC2)c2ccccc2)cc1. The van der Waals surface area contributed by atoms with Crippen molar-refractivity contribution in [2.24, 2.45) is 5.73 Å². The molecule has 0 spiro atoms. The molecule has 1 saturated carbocycles. The normalized spacial score (nSPS) is 15.9. The molecule has 0 heterocycles. The molecule has 1 aliphatic carbocycles. The Morgan fingerprint density at radius 2 is 1.68 bits per heavy atom. The van der Waals surface area contributed by atoms with E-state index in [1.54, 1.807) is 0 Å². The maximum atomic E-state index is 12.7. The molecule has 2 aromatic carbocycles. The summed E-state index contributed by atoms with van der Waals surface area (Å²) in [5, 5.41) is 3.36. The Morgan fingerprint density at radius 1 is 1.04 bits per heavy atom. The Kier molecular flexibility index (Phi) is 6.20. The first kappa shape index (κ1) is 17.6. The van der Waals surface area contributed by atoms with Crippen molar-refractivity contribution >= 4 is 5.97 Å². The fraction of sp³-hybridized carbons (Fsp3) is 0.381. The molecule has 0 bridgehead atoms. The van der Waals surface area contributed by atoms with E-state index in [2.05, 4.69) is 5.32 Å². The first-order chi connectivity index (χ1) is 12.3. The third-order valence-electron chi connectivity index (χ3n) is 4.72. The van der Waals surface area contributed by atoms with Gasteiger partial charge >= 0.3 is 5.97 Å². The summed E-state index contributed by atoms with van der Waals surface area (Å²) in [4.78, 5) is 12.7. The Hall–Kier alpha value is -2.17. The van der Waals surface area contributed by atoms with E-state index in [0.717, 1.165) is 42.4 Å². The summed E-state index contributed by atoms with van der Waals surface area (Å²) in [6.07, 6.45) is 4.33. The number of rotatable bonds is 7. The van der Waals surface area contributed by atoms with Gasteiger partial charge in [-0.3, -0.25) is 5.32 Å². The first-order valence-corrected chi connectivity index (χ1v) is 9.03. The largest absolute Gasteiger partial charge is 0.461 e. The molecule has 3 N–H and O–H groups in total. The highest BCUT2D eigenvalue weighted by Crippen LogP contribution is 2.24. The lowest BCUT2D eigenvalue weighted by Gasteiger charge is -2.21. The average molecular weight is 338 g/mol. The highest BCUT2D eigenvalue weighted by atomic mass is 16.5. The zero-order chi connectivity index (χ0) is 17.5. The lowest BCUT2D eigenvalue weighted by atomic mass is 10.1. The number of esters is 1. The van der Waals surface area contributed by atoms with Crippen LogP contribution < -0.4 is 11.1 Å². The van der Waals surface area contributed by atoms with Gasteiger partial charge in [0.05, 0.1) is 0 Å². The van der Waals surface area contributed by atoms with Gasteiger partial charge < -0.3 is 10.5 Å². The maximum absolute atomic E-state index is 12.7. The third kappa shape index (κ3) is 4.91. The van der Waals surface area contributed by atoms with Gasteiger partial charge in [-0.15, -0.1) is 0 Å². The quantitative estimate of drug-likeness (QED) is 0.759. The molecule has 3 rings (SSSR count). The number of nitrogens with one attached hydrogen (secondary N) is 1. The molecule has 0 saturated heterocycles. The number of nitrogens with two attached hydrogens (primary N) is 1. The first-order valence-electron chi connectivity index (χ1n) is 9.03. The van der Waals surface area contributed by atoms with Gasteiger partial charge in [-0.1, -0.05) is 54.6 Å². The average Bonchev–Trinajstić information content (AvgIpc) is 3.16. The summed E-state index contributed by atoms with van der Waals surface area (Å²) in [7, 11) is 0. The Morgan fingerprint density at radius 3 is 2.32 bits per heavy atom. The van der Waals surface area contributed by atoms with Crippen molar-refractivity contribution < 1.29 is 9.53 Å². The number of hydrogen-bond acceptors (Lipinski definition) is 4. The van der Waals surface area contributed by atoms with Gasteiger partial charge in [0.15, 0.2) is 0 Å². The Labute approximate surface area is 149 Å². The predicted molar refractivity (Wildman–Crippen MR) is 98.7 cm³/mol. The van der Waals surface area contributed by atoms with Crippen molar-refractivity contribution in [3.8, 4) is 0 Å². The Bertz CT molecular complexity index is 664. The molecule has 1 unspecified atom stereocenters.